The van der Waals surface area contributed by atoms with E-state index in [1.54, 1.807) is 0 Å². The molecule has 0 radical (unpaired) electrons. The Morgan fingerprint density at radius 3 is 1.96 bits per heavy atom. The molecule has 23 heavy (non-hydrogen) atoms. The first-order valence-electron chi connectivity index (χ1n) is 8.82. The lowest BCUT2D eigenvalue weighted by atomic mass is 9.69. The molecule has 1 aromatic carbocycles. The summed E-state index contributed by atoms with van der Waals surface area (Å²) in [6, 6.07) is 2.47. The predicted octanol–water partition coefficient (Wildman–Crippen LogP) is 6.44. The van der Waals surface area contributed by atoms with Crippen LogP contribution in [0, 0.1) is 29.4 Å². The topological polar surface area (TPSA) is 0 Å². The summed E-state index contributed by atoms with van der Waals surface area (Å²) in [5.74, 6) is -4.82. The van der Waals surface area contributed by atoms with Crippen LogP contribution in [0.2, 0.25) is 0 Å². The van der Waals surface area contributed by atoms with Gasteiger partial charge in [-0.25, -0.2) is 17.6 Å². The maximum absolute atomic E-state index is 14.6. The lowest BCUT2D eigenvalue weighted by Gasteiger charge is -2.38. The van der Waals surface area contributed by atoms with Crippen LogP contribution in [-0.4, -0.2) is 0 Å². The normalized spacial score (nSPS) is 27.1. The Bertz CT molecular complexity index is 526. The molecule has 0 atom stereocenters. The third kappa shape index (κ3) is 3.56. The minimum Gasteiger partial charge on any atom is -0.204 e. The van der Waals surface area contributed by atoms with E-state index in [0.717, 1.165) is 25.0 Å². The lowest BCUT2D eigenvalue weighted by Crippen LogP contribution is -2.32. The number of benzene rings is 1. The van der Waals surface area contributed by atoms with E-state index in [4.69, 9.17) is 0 Å². The van der Waals surface area contributed by atoms with Gasteiger partial charge in [-0.2, -0.15) is 0 Å². The Kier molecular flexibility index (Phi) is 4.98. The van der Waals surface area contributed by atoms with Crippen LogP contribution >= 0.6 is 0 Å². The summed E-state index contributed by atoms with van der Waals surface area (Å²) < 4.78 is 55.5. The largest absolute Gasteiger partial charge is 0.276 e. The molecule has 0 aliphatic heterocycles. The van der Waals surface area contributed by atoms with Crippen LogP contribution < -0.4 is 0 Å². The second-order valence-electron chi connectivity index (χ2n) is 7.26. The van der Waals surface area contributed by atoms with Crippen molar-refractivity contribution in [2.45, 2.75) is 63.7 Å². The van der Waals surface area contributed by atoms with Crippen LogP contribution in [0.4, 0.5) is 17.6 Å². The first kappa shape index (κ1) is 16.8. The van der Waals surface area contributed by atoms with Gasteiger partial charge in [-0.15, -0.1) is 0 Å². The molecule has 2 saturated carbocycles. The van der Waals surface area contributed by atoms with Gasteiger partial charge in [0.15, 0.2) is 11.6 Å². The van der Waals surface area contributed by atoms with Gasteiger partial charge in [0.2, 0.25) is 0 Å². The summed E-state index contributed by atoms with van der Waals surface area (Å²) in [7, 11) is 0. The molecule has 3 rings (SSSR count). The minimum absolute atomic E-state index is 0.391. The lowest BCUT2D eigenvalue weighted by molar-refractivity contribution is -0.0853. The average molecular weight is 328 g/mol. The van der Waals surface area contributed by atoms with Gasteiger partial charge in [0.1, 0.15) is 0 Å². The van der Waals surface area contributed by atoms with Gasteiger partial charge in [0, 0.05) is 11.5 Å². The number of hydrogen-bond donors (Lipinski definition) is 0. The summed E-state index contributed by atoms with van der Waals surface area (Å²) >= 11 is 0. The van der Waals surface area contributed by atoms with E-state index < -0.39 is 29.0 Å². The molecule has 1 aromatic rings. The molecule has 0 nitrogen and oxygen atoms in total. The molecule has 0 bridgehead atoms. The SMILES string of the molecule is Fc1ccc(C(F)(F)C2CCC(C3CCCCC3)CC2)cc1F. The molecule has 0 N–H and O–H groups in total. The Morgan fingerprint density at radius 2 is 1.35 bits per heavy atom. The standard InChI is InChI=1S/C19H24F4/c20-17-11-10-16(12-18(17)21)19(22,23)15-8-6-14(7-9-15)13-4-2-1-3-5-13/h10-15H,1-9H2. The molecule has 0 amide bonds. The Balaban J connectivity index is 1.64. The van der Waals surface area contributed by atoms with Gasteiger partial charge < -0.3 is 0 Å². The van der Waals surface area contributed by atoms with Crippen LogP contribution in [0.15, 0.2) is 18.2 Å². The molecule has 0 unspecified atom stereocenters. The molecular weight excluding hydrogens is 304 g/mol. The van der Waals surface area contributed by atoms with Crippen LogP contribution in [0.25, 0.3) is 0 Å². The van der Waals surface area contributed by atoms with E-state index >= 15 is 0 Å². The van der Waals surface area contributed by atoms with E-state index in [2.05, 4.69) is 0 Å². The van der Waals surface area contributed by atoms with Crippen molar-refractivity contribution in [3.63, 3.8) is 0 Å². The van der Waals surface area contributed by atoms with E-state index in [-0.39, 0.29) is 0 Å². The monoisotopic (exact) mass is 328 g/mol. The van der Waals surface area contributed by atoms with Gasteiger partial charge in [-0.3, -0.25) is 0 Å². The van der Waals surface area contributed by atoms with Gasteiger partial charge in [0.05, 0.1) is 0 Å². The zero-order valence-corrected chi connectivity index (χ0v) is 13.3. The second kappa shape index (κ2) is 6.82. The fourth-order valence-electron chi connectivity index (χ4n) is 4.50. The Morgan fingerprint density at radius 1 is 0.739 bits per heavy atom. The maximum Gasteiger partial charge on any atom is 0.276 e. The van der Waals surface area contributed by atoms with Crippen molar-refractivity contribution in [3.8, 4) is 0 Å². The van der Waals surface area contributed by atoms with Crippen molar-refractivity contribution >= 4 is 0 Å². The first-order valence-corrected chi connectivity index (χ1v) is 8.82. The number of rotatable bonds is 3. The number of alkyl halides is 2. The van der Waals surface area contributed by atoms with Gasteiger partial charge in [-0.1, -0.05) is 32.1 Å². The van der Waals surface area contributed by atoms with Crippen LogP contribution in [-0.2, 0) is 5.92 Å². The van der Waals surface area contributed by atoms with Crippen molar-refractivity contribution in [2.75, 3.05) is 0 Å². The summed E-state index contributed by atoms with van der Waals surface area (Å²) in [4.78, 5) is 0. The highest BCUT2D eigenvalue weighted by Crippen LogP contribution is 2.48. The molecule has 0 heterocycles. The van der Waals surface area contributed by atoms with Crippen molar-refractivity contribution in [1.29, 1.82) is 0 Å². The molecular formula is C19H24F4. The quantitative estimate of drug-likeness (QED) is 0.560. The summed E-state index contributed by atoms with van der Waals surface area (Å²) in [6.45, 7) is 0. The molecule has 4 heteroatoms. The van der Waals surface area contributed by atoms with Crippen molar-refractivity contribution in [3.05, 3.63) is 35.4 Å². The van der Waals surface area contributed by atoms with Crippen LogP contribution in [0.3, 0.4) is 0 Å². The molecule has 2 fully saturated rings. The highest BCUT2D eigenvalue weighted by Gasteiger charge is 2.44. The van der Waals surface area contributed by atoms with Gasteiger partial charge in [0.25, 0.3) is 5.92 Å². The molecule has 128 valence electrons. The summed E-state index contributed by atoms with van der Waals surface area (Å²) in [6.07, 6.45) is 8.98. The third-order valence-corrected chi connectivity index (χ3v) is 5.91. The summed E-state index contributed by atoms with van der Waals surface area (Å²) in [5, 5.41) is 0. The van der Waals surface area contributed by atoms with E-state index in [1.807, 2.05) is 0 Å². The molecule has 2 aliphatic carbocycles. The zero-order valence-electron chi connectivity index (χ0n) is 13.3. The molecule has 0 spiro atoms. The summed E-state index contributed by atoms with van der Waals surface area (Å²) in [5.41, 5.74) is -0.391. The third-order valence-electron chi connectivity index (χ3n) is 5.91. The Labute approximate surface area is 135 Å². The minimum atomic E-state index is -3.08. The van der Waals surface area contributed by atoms with E-state index in [9.17, 15) is 17.6 Å². The number of hydrogen-bond acceptors (Lipinski definition) is 0. The van der Waals surface area contributed by atoms with Crippen LogP contribution in [0.1, 0.15) is 63.4 Å². The molecule has 0 saturated heterocycles. The number of halogens is 4. The molecule has 2 aliphatic rings. The van der Waals surface area contributed by atoms with Crippen molar-refractivity contribution < 1.29 is 17.6 Å². The first-order chi connectivity index (χ1) is 11.0. The van der Waals surface area contributed by atoms with Gasteiger partial charge in [-0.05, 0) is 55.7 Å². The van der Waals surface area contributed by atoms with Crippen molar-refractivity contribution in [2.24, 2.45) is 17.8 Å². The fourth-order valence-corrected chi connectivity index (χ4v) is 4.50. The maximum atomic E-state index is 14.6. The highest BCUT2D eigenvalue weighted by atomic mass is 19.3. The predicted molar refractivity (Wildman–Crippen MR) is 82.3 cm³/mol. The molecule has 0 aromatic heterocycles. The second-order valence-corrected chi connectivity index (χ2v) is 7.26. The highest BCUT2D eigenvalue weighted by molar-refractivity contribution is 5.23. The van der Waals surface area contributed by atoms with E-state index in [0.29, 0.717) is 30.7 Å². The average Bonchev–Trinajstić information content (AvgIpc) is 2.58. The van der Waals surface area contributed by atoms with Crippen LogP contribution in [0.5, 0.6) is 0 Å². The van der Waals surface area contributed by atoms with Gasteiger partial charge >= 0.3 is 0 Å². The fraction of sp³-hybridized carbons (Fsp3) is 0.684. The van der Waals surface area contributed by atoms with Crippen molar-refractivity contribution in [1.82, 2.24) is 0 Å². The Hall–Kier alpha value is -1.06. The smallest absolute Gasteiger partial charge is 0.204 e. The van der Waals surface area contributed by atoms with E-state index in [1.165, 1.54) is 32.1 Å². The zero-order chi connectivity index (χ0) is 16.4.